The van der Waals surface area contributed by atoms with Crippen molar-refractivity contribution in [3.05, 3.63) is 24.0 Å². The Kier molecular flexibility index (Phi) is 3.29. The van der Waals surface area contributed by atoms with Gasteiger partial charge in [-0.2, -0.15) is 0 Å². The van der Waals surface area contributed by atoms with Crippen LogP contribution in [-0.2, 0) is 0 Å². The van der Waals surface area contributed by atoms with Crippen LogP contribution in [0.4, 0.5) is 15.8 Å². The maximum absolute atomic E-state index is 12.9. The lowest BCUT2D eigenvalue weighted by Gasteiger charge is -2.30. The van der Waals surface area contributed by atoms with Gasteiger partial charge in [0.2, 0.25) is 0 Å². The summed E-state index contributed by atoms with van der Waals surface area (Å²) >= 11 is 0. The fraction of sp³-hybridized carbons (Fsp3) is 0.500. The van der Waals surface area contributed by atoms with Crippen molar-refractivity contribution in [3.8, 4) is 0 Å². The Bertz CT molecular complexity index is 359. The Balaban J connectivity index is 1.98. The van der Waals surface area contributed by atoms with E-state index in [1.807, 2.05) is 0 Å². The first kappa shape index (κ1) is 11.2. The summed E-state index contributed by atoms with van der Waals surface area (Å²) in [7, 11) is 2.13. The summed E-state index contributed by atoms with van der Waals surface area (Å²) < 4.78 is 12.9. The van der Waals surface area contributed by atoms with Crippen molar-refractivity contribution in [3.63, 3.8) is 0 Å². The first-order chi connectivity index (χ1) is 7.65. The molecule has 1 fully saturated rings. The van der Waals surface area contributed by atoms with Gasteiger partial charge in [-0.05, 0) is 51.2 Å². The zero-order chi connectivity index (χ0) is 11.5. The molecule has 2 rings (SSSR count). The molecule has 0 bridgehead atoms. The molecule has 0 amide bonds. The van der Waals surface area contributed by atoms with Gasteiger partial charge in [0.15, 0.2) is 0 Å². The molecule has 0 unspecified atom stereocenters. The molecule has 0 atom stereocenters. The quantitative estimate of drug-likeness (QED) is 0.753. The number of hydrogen-bond donors (Lipinski definition) is 2. The van der Waals surface area contributed by atoms with E-state index in [9.17, 15) is 4.39 Å². The fourth-order valence-corrected chi connectivity index (χ4v) is 2.04. The highest BCUT2D eigenvalue weighted by molar-refractivity contribution is 5.66. The van der Waals surface area contributed by atoms with E-state index in [2.05, 4.69) is 17.3 Å². The van der Waals surface area contributed by atoms with Crippen molar-refractivity contribution in [1.29, 1.82) is 0 Å². The van der Waals surface area contributed by atoms with Crippen molar-refractivity contribution in [2.24, 2.45) is 0 Å². The predicted molar refractivity (Wildman–Crippen MR) is 65.0 cm³/mol. The molecule has 16 heavy (non-hydrogen) atoms. The summed E-state index contributed by atoms with van der Waals surface area (Å²) in [6, 6.07) is 4.96. The van der Waals surface area contributed by atoms with E-state index in [1.54, 1.807) is 6.07 Å². The number of nitrogen functional groups attached to an aromatic ring is 1. The molecule has 0 saturated carbocycles. The first-order valence-corrected chi connectivity index (χ1v) is 5.65. The van der Waals surface area contributed by atoms with Crippen LogP contribution in [0.15, 0.2) is 18.2 Å². The van der Waals surface area contributed by atoms with Crippen LogP contribution >= 0.6 is 0 Å². The van der Waals surface area contributed by atoms with Crippen LogP contribution in [0.1, 0.15) is 12.8 Å². The highest BCUT2D eigenvalue weighted by atomic mass is 19.1. The number of benzene rings is 1. The van der Waals surface area contributed by atoms with Gasteiger partial charge >= 0.3 is 0 Å². The Morgan fingerprint density at radius 2 is 2.06 bits per heavy atom. The van der Waals surface area contributed by atoms with Crippen molar-refractivity contribution in [1.82, 2.24) is 4.90 Å². The molecule has 1 aliphatic rings. The van der Waals surface area contributed by atoms with E-state index < -0.39 is 0 Å². The van der Waals surface area contributed by atoms with Crippen molar-refractivity contribution in [2.75, 3.05) is 31.2 Å². The van der Waals surface area contributed by atoms with E-state index in [1.165, 1.54) is 12.1 Å². The van der Waals surface area contributed by atoms with Crippen molar-refractivity contribution >= 4 is 11.4 Å². The highest BCUT2D eigenvalue weighted by Crippen LogP contribution is 2.22. The number of nitrogens with two attached hydrogens (primary N) is 1. The molecule has 3 N–H and O–H groups in total. The van der Waals surface area contributed by atoms with Gasteiger partial charge in [0.05, 0.1) is 11.4 Å². The summed E-state index contributed by atoms with van der Waals surface area (Å²) in [5.41, 5.74) is 7.08. The molecule has 1 heterocycles. The molecule has 1 aromatic carbocycles. The molecule has 0 radical (unpaired) electrons. The minimum Gasteiger partial charge on any atom is -0.397 e. The molecule has 3 nitrogen and oxygen atoms in total. The smallest absolute Gasteiger partial charge is 0.125 e. The maximum atomic E-state index is 12.9. The summed E-state index contributed by atoms with van der Waals surface area (Å²) in [5.74, 6) is -0.286. The molecule has 0 aromatic heterocycles. The van der Waals surface area contributed by atoms with Crippen LogP contribution in [0.3, 0.4) is 0 Å². The zero-order valence-corrected chi connectivity index (χ0v) is 9.54. The topological polar surface area (TPSA) is 41.3 Å². The average molecular weight is 223 g/mol. The first-order valence-electron chi connectivity index (χ1n) is 5.65. The minimum absolute atomic E-state index is 0.286. The van der Waals surface area contributed by atoms with Crippen LogP contribution < -0.4 is 11.1 Å². The highest BCUT2D eigenvalue weighted by Gasteiger charge is 2.16. The van der Waals surface area contributed by atoms with Gasteiger partial charge < -0.3 is 16.0 Å². The average Bonchev–Trinajstić information content (AvgIpc) is 2.25. The molecule has 1 saturated heterocycles. The molecular formula is C12H18FN3. The standard InChI is InChI=1S/C12H18FN3/c1-16-6-4-10(5-7-16)15-12-3-2-9(13)8-11(12)14/h2-3,8,10,15H,4-7,14H2,1H3. The number of piperidine rings is 1. The summed E-state index contributed by atoms with van der Waals surface area (Å²) in [6.45, 7) is 2.19. The third kappa shape index (κ3) is 2.64. The maximum Gasteiger partial charge on any atom is 0.125 e. The predicted octanol–water partition coefficient (Wildman–Crippen LogP) is 1.91. The SMILES string of the molecule is CN1CCC(Nc2ccc(F)cc2N)CC1. The van der Waals surface area contributed by atoms with Gasteiger partial charge in [0, 0.05) is 6.04 Å². The van der Waals surface area contributed by atoms with Gasteiger partial charge in [-0.1, -0.05) is 0 Å². The summed E-state index contributed by atoms with van der Waals surface area (Å²) in [4.78, 5) is 2.31. The third-order valence-electron chi connectivity index (χ3n) is 3.09. The molecule has 0 aliphatic carbocycles. The monoisotopic (exact) mass is 223 g/mol. The molecule has 4 heteroatoms. The van der Waals surface area contributed by atoms with Gasteiger partial charge in [-0.15, -0.1) is 0 Å². The Morgan fingerprint density at radius 1 is 1.38 bits per heavy atom. The molecule has 1 aromatic rings. The number of rotatable bonds is 2. The summed E-state index contributed by atoms with van der Waals surface area (Å²) in [6.07, 6.45) is 2.21. The number of nitrogens with one attached hydrogen (secondary N) is 1. The molecule has 88 valence electrons. The minimum atomic E-state index is -0.286. The number of likely N-dealkylation sites (tertiary alicyclic amines) is 1. The normalized spacial score (nSPS) is 18.6. The lowest BCUT2D eigenvalue weighted by Crippen LogP contribution is -2.36. The Morgan fingerprint density at radius 3 is 2.69 bits per heavy atom. The summed E-state index contributed by atoms with van der Waals surface area (Å²) in [5, 5.41) is 3.38. The van der Waals surface area contributed by atoms with Crippen molar-refractivity contribution < 1.29 is 4.39 Å². The van der Waals surface area contributed by atoms with Gasteiger partial charge in [0.25, 0.3) is 0 Å². The number of nitrogens with zero attached hydrogens (tertiary/aromatic N) is 1. The molecular weight excluding hydrogens is 205 g/mol. The Hall–Kier alpha value is -1.29. The molecule has 0 spiro atoms. The number of hydrogen-bond acceptors (Lipinski definition) is 3. The van der Waals surface area contributed by atoms with Crippen LogP contribution in [-0.4, -0.2) is 31.1 Å². The number of halogens is 1. The second-order valence-electron chi connectivity index (χ2n) is 4.45. The van der Waals surface area contributed by atoms with Crippen LogP contribution in [0.5, 0.6) is 0 Å². The van der Waals surface area contributed by atoms with Gasteiger partial charge in [-0.25, -0.2) is 4.39 Å². The van der Waals surface area contributed by atoms with Crippen LogP contribution in [0.2, 0.25) is 0 Å². The fourth-order valence-electron chi connectivity index (χ4n) is 2.04. The van der Waals surface area contributed by atoms with E-state index in [0.717, 1.165) is 31.6 Å². The van der Waals surface area contributed by atoms with E-state index >= 15 is 0 Å². The second kappa shape index (κ2) is 4.70. The lowest BCUT2D eigenvalue weighted by molar-refractivity contribution is 0.264. The zero-order valence-electron chi connectivity index (χ0n) is 9.54. The van der Waals surface area contributed by atoms with Crippen molar-refractivity contribution in [2.45, 2.75) is 18.9 Å². The Labute approximate surface area is 95.4 Å². The van der Waals surface area contributed by atoms with E-state index in [-0.39, 0.29) is 5.82 Å². The van der Waals surface area contributed by atoms with E-state index in [0.29, 0.717) is 11.7 Å². The third-order valence-corrected chi connectivity index (χ3v) is 3.09. The van der Waals surface area contributed by atoms with Crippen LogP contribution in [0.25, 0.3) is 0 Å². The van der Waals surface area contributed by atoms with Crippen LogP contribution in [0, 0.1) is 5.82 Å². The number of anilines is 2. The van der Waals surface area contributed by atoms with E-state index in [4.69, 9.17) is 5.73 Å². The largest absolute Gasteiger partial charge is 0.397 e. The van der Waals surface area contributed by atoms with Gasteiger partial charge in [0.1, 0.15) is 5.82 Å². The lowest BCUT2D eigenvalue weighted by atomic mass is 10.1. The second-order valence-corrected chi connectivity index (χ2v) is 4.45. The molecule has 1 aliphatic heterocycles. The van der Waals surface area contributed by atoms with Gasteiger partial charge in [-0.3, -0.25) is 0 Å².